The van der Waals surface area contributed by atoms with Gasteiger partial charge in [0.25, 0.3) is 0 Å². The third kappa shape index (κ3) is 3.69. The molecule has 1 saturated carbocycles. The topological polar surface area (TPSA) is 43.4 Å². The molecule has 0 aromatic rings. The van der Waals surface area contributed by atoms with Crippen molar-refractivity contribution >= 4 is 11.8 Å². The lowest BCUT2D eigenvalue weighted by Crippen LogP contribution is -2.36. The van der Waals surface area contributed by atoms with Gasteiger partial charge in [-0.15, -0.1) is 0 Å². The largest absolute Gasteiger partial charge is 0.458 e. The number of ketones is 1. The minimum Gasteiger partial charge on any atom is -0.458 e. The molecule has 0 aromatic carbocycles. The molecule has 0 aromatic heterocycles. The fourth-order valence-corrected chi connectivity index (χ4v) is 2.60. The van der Waals surface area contributed by atoms with Crippen LogP contribution in [0, 0.1) is 17.8 Å². The van der Waals surface area contributed by atoms with Crippen molar-refractivity contribution < 1.29 is 14.3 Å². The van der Waals surface area contributed by atoms with Crippen molar-refractivity contribution in [3.05, 3.63) is 12.2 Å². The van der Waals surface area contributed by atoms with Gasteiger partial charge in [-0.05, 0) is 37.5 Å². The average Bonchev–Trinajstić information content (AvgIpc) is 2.27. The first-order valence-electron chi connectivity index (χ1n) is 6.73. The minimum atomic E-state index is -0.549. The summed E-state index contributed by atoms with van der Waals surface area (Å²) in [5, 5.41) is 0. The summed E-state index contributed by atoms with van der Waals surface area (Å²) in [6.07, 6.45) is 3.09. The lowest BCUT2D eigenvalue weighted by molar-refractivity contribution is -0.151. The molecule has 3 heteroatoms. The van der Waals surface area contributed by atoms with Crippen LogP contribution in [-0.2, 0) is 14.3 Å². The number of rotatable bonds is 4. The Hall–Kier alpha value is -1.12. The van der Waals surface area contributed by atoms with E-state index >= 15 is 0 Å². The van der Waals surface area contributed by atoms with E-state index in [1.54, 1.807) is 0 Å². The van der Waals surface area contributed by atoms with E-state index in [2.05, 4.69) is 27.4 Å². The van der Waals surface area contributed by atoms with Crippen molar-refractivity contribution in [2.45, 2.75) is 53.1 Å². The van der Waals surface area contributed by atoms with Gasteiger partial charge >= 0.3 is 5.97 Å². The number of hydrogen-bond donors (Lipinski definition) is 0. The SMILES string of the molecule is C=C(C(C)=O)C(=O)O[C@@H]1C[C@H](C)CC[C@H]1C(C)C. The summed E-state index contributed by atoms with van der Waals surface area (Å²) < 4.78 is 5.50. The average molecular weight is 252 g/mol. The molecule has 0 bridgehead atoms. The highest BCUT2D eigenvalue weighted by molar-refractivity contribution is 6.15. The summed E-state index contributed by atoms with van der Waals surface area (Å²) in [6, 6.07) is 0. The molecule has 0 radical (unpaired) electrons. The second kappa shape index (κ2) is 6.17. The second-order valence-electron chi connectivity index (χ2n) is 5.80. The van der Waals surface area contributed by atoms with E-state index in [1.807, 2.05) is 0 Å². The third-order valence-electron chi connectivity index (χ3n) is 3.89. The van der Waals surface area contributed by atoms with Crippen molar-refractivity contribution in [2.24, 2.45) is 17.8 Å². The monoisotopic (exact) mass is 252 g/mol. The van der Waals surface area contributed by atoms with Crippen LogP contribution in [0.15, 0.2) is 12.2 Å². The van der Waals surface area contributed by atoms with Gasteiger partial charge < -0.3 is 4.74 Å². The summed E-state index contributed by atoms with van der Waals surface area (Å²) in [5.41, 5.74) is -0.0456. The van der Waals surface area contributed by atoms with Crippen LogP contribution < -0.4 is 0 Å². The van der Waals surface area contributed by atoms with E-state index in [4.69, 9.17) is 4.74 Å². The fraction of sp³-hybridized carbons (Fsp3) is 0.733. The Morgan fingerprint density at radius 2 is 1.89 bits per heavy atom. The Morgan fingerprint density at radius 1 is 1.28 bits per heavy atom. The zero-order chi connectivity index (χ0) is 13.9. The molecule has 3 nitrogen and oxygen atoms in total. The first-order valence-corrected chi connectivity index (χ1v) is 6.73. The van der Waals surface area contributed by atoms with Crippen LogP contribution in [0.25, 0.3) is 0 Å². The van der Waals surface area contributed by atoms with Crippen LogP contribution in [0.2, 0.25) is 0 Å². The summed E-state index contributed by atoms with van der Waals surface area (Å²) in [4.78, 5) is 22.9. The number of esters is 1. The molecule has 0 heterocycles. The van der Waals surface area contributed by atoms with E-state index in [0.29, 0.717) is 17.8 Å². The highest BCUT2D eigenvalue weighted by Crippen LogP contribution is 2.35. The van der Waals surface area contributed by atoms with Crippen LogP contribution in [0.5, 0.6) is 0 Å². The Morgan fingerprint density at radius 3 is 2.39 bits per heavy atom. The highest BCUT2D eigenvalue weighted by Gasteiger charge is 2.34. The van der Waals surface area contributed by atoms with E-state index in [0.717, 1.165) is 12.8 Å². The molecule has 0 N–H and O–H groups in total. The van der Waals surface area contributed by atoms with Crippen LogP contribution in [-0.4, -0.2) is 17.9 Å². The van der Waals surface area contributed by atoms with E-state index in [-0.39, 0.29) is 17.5 Å². The normalized spacial score (nSPS) is 27.9. The van der Waals surface area contributed by atoms with Crippen molar-refractivity contribution in [3.8, 4) is 0 Å². The van der Waals surface area contributed by atoms with Gasteiger partial charge in [-0.3, -0.25) is 4.79 Å². The first-order chi connectivity index (χ1) is 8.32. The van der Waals surface area contributed by atoms with Crippen LogP contribution in [0.1, 0.15) is 47.0 Å². The molecule has 0 amide bonds. The van der Waals surface area contributed by atoms with Crippen molar-refractivity contribution in [1.29, 1.82) is 0 Å². The van der Waals surface area contributed by atoms with Gasteiger partial charge in [-0.1, -0.05) is 33.8 Å². The summed E-state index contributed by atoms with van der Waals surface area (Å²) in [6.45, 7) is 11.3. The molecule has 1 fully saturated rings. The minimum absolute atomic E-state index is 0.0456. The third-order valence-corrected chi connectivity index (χ3v) is 3.89. The summed E-state index contributed by atoms with van der Waals surface area (Å²) in [7, 11) is 0. The number of hydrogen-bond acceptors (Lipinski definition) is 3. The van der Waals surface area contributed by atoms with E-state index < -0.39 is 5.97 Å². The molecule has 3 atom stereocenters. The number of carbonyl (C=O) groups is 2. The predicted octanol–water partition coefficient (Wildman–Crippen LogP) is 3.14. The lowest BCUT2D eigenvalue weighted by Gasteiger charge is -2.36. The van der Waals surface area contributed by atoms with Crippen molar-refractivity contribution in [2.75, 3.05) is 0 Å². The second-order valence-corrected chi connectivity index (χ2v) is 5.80. The summed E-state index contributed by atoms with van der Waals surface area (Å²) >= 11 is 0. The quantitative estimate of drug-likeness (QED) is 0.334. The molecular weight excluding hydrogens is 228 g/mol. The van der Waals surface area contributed by atoms with Crippen LogP contribution in [0.3, 0.4) is 0 Å². The molecule has 0 aliphatic heterocycles. The van der Waals surface area contributed by atoms with Crippen LogP contribution in [0.4, 0.5) is 0 Å². The van der Waals surface area contributed by atoms with Gasteiger partial charge in [0.1, 0.15) is 6.10 Å². The van der Waals surface area contributed by atoms with Gasteiger partial charge in [0.15, 0.2) is 5.78 Å². The molecule has 1 rings (SSSR count). The maximum Gasteiger partial charge on any atom is 0.341 e. The highest BCUT2D eigenvalue weighted by atomic mass is 16.5. The van der Waals surface area contributed by atoms with Gasteiger partial charge in [-0.2, -0.15) is 0 Å². The standard InChI is InChI=1S/C15H24O3/c1-9(2)13-7-6-10(3)8-14(13)18-15(17)11(4)12(5)16/h9-10,13-14H,4,6-8H2,1-3,5H3/t10-,13+,14-/m1/s1. The number of Topliss-reactive ketones (excluding diaryl/α,β-unsaturated/α-hetero) is 1. The fourth-order valence-electron chi connectivity index (χ4n) is 2.60. The van der Waals surface area contributed by atoms with Gasteiger partial charge in [-0.25, -0.2) is 4.79 Å². The molecule has 1 aliphatic rings. The molecule has 0 saturated heterocycles. The van der Waals surface area contributed by atoms with Crippen molar-refractivity contribution in [1.82, 2.24) is 0 Å². The predicted molar refractivity (Wildman–Crippen MR) is 71.0 cm³/mol. The Labute approximate surface area is 110 Å². The zero-order valence-electron chi connectivity index (χ0n) is 11.9. The Kier molecular flexibility index (Phi) is 5.12. The number of carbonyl (C=O) groups excluding carboxylic acids is 2. The van der Waals surface area contributed by atoms with E-state index in [9.17, 15) is 9.59 Å². The van der Waals surface area contributed by atoms with Crippen molar-refractivity contribution in [3.63, 3.8) is 0 Å². The maximum absolute atomic E-state index is 11.8. The van der Waals surface area contributed by atoms with E-state index in [1.165, 1.54) is 13.3 Å². The molecule has 0 spiro atoms. The smallest absolute Gasteiger partial charge is 0.341 e. The Bertz CT molecular complexity index is 344. The first kappa shape index (κ1) is 14.9. The summed E-state index contributed by atoms with van der Waals surface area (Å²) in [5.74, 6) is 0.589. The molecular formula is C15H24O3. The Balaban J connectivity index is 2.69. The van der Waals surface area contributed by atoms with Gasteiger partial charge in [0.2, 0.25) is 0 Å². The lowest BCUT2D eigenvalue weighted by atomic mass is 9.75. The van der Waals surface area contributed by atoms with Gasteiger partial charge in [0, 0.05) is 0 Å². The van der Waals surface area contributed by atoms with Gasteiger partial charge in [0.05, 0.1) is 5.57 Å². The molecule has 102 valence electrons. The zero-order valence-corrected chi connectivity index (χ0v) is 11.9. The van der Waals surface area contributed by atoms with Crippen LogP contribution >= 0.6 is 0 Å². The number of ether oxygens (including phenoxy) is 1. The molecule has 0 unspecified atom stereocenters. The molecule has 1 aliphatic carbocycles. The molecule has 18 heavy (non-hydrogen) atoms. The maximum atomic E-state index is 11.8.